The van der Waals surface area contributed by atoms with Crippen molar-refractivity contribution in [3.8, 4) is 0 Å². The Balaban J connectivity index is 1.43. The number of piperidine rings is 1. The molecule has 1 aromatic rings. The van der Waals surface area contributed by atoms with E-state index in [0.717, 1.165) is 45.7 Å². The first-order chi connectivity index (χ1) is 13.2. The number of urea groups is 1. The molecule has 2 aliphatic rings. The molecule has 150 valence electrons. The minimum absolute atomic E-state index is 0.117. The number of benzene rings is 1. The predicted octanol–water partition coefficient (Wildman–Crippen LogP) is 3.20. The van der Waals surface area contributed by atoms with Crippen LogP contribution in [-0.2, 0) is 6.42 Å². The maximum Gasteiger partial charge on any atom is 0.317 e. The van der Waals surface area contributed by atoms with Crippen LogP contribution in [0, 0.1) is 5.92 Å². The third kappa shape index (κ3) is 5.38. The van der Waals surface area contributed by atoms with Crippen LogP contribution < -0.4 is 10.2 Å². The van der Waals surface area contributed by atoms with Gasteiger partial charge in [0.25, 0.3) is 0 Å². The molecule has 0 radical (unpaired) electrons. The summed E-state index contributed by atoms with van der Waals surface area (Å²) in [6.45, 7) is 12.2. The summed E-state index contributed by atoms with van der Waals surface area (Å²) in [6, 6.07) is 8.75. The van der Waals surface area contributed by atoms with Crippen LogP contribution >= 0.6 is 0 Å². The first-order valence-corrected chi connectivity index (χ1v) is 10.8. The van der Waals surface area contributed by atoms with Crippen molar-refractivity contribution in [1.29, 1.82) is 0 Å². The summed E-state index contributed by atoms with van der Waals surface area (Å²) in [7, 11) is 0. The lowest BCUT2D eigenvalue weighted by Gasteiger charge is -2.37. The molecule has 0 saturated carbocycles. The molecular weight excluding hydrogens is 336 g/mol. The average Bonchev–Trinajstić information content (AvgIpc) is 2.72. The first kappa shape index (κ1) is 20.0. The number of anilines is 1. The predicted molar refractivity (Wildman–Crippen MR) is 112 cm³/mol. The lowest BCUT2D eigenvalue weighted by Crippen LogP contribution is -2.53. The summed E-state index contributed by atoms with van der Waals surface area (Å²) in [5, 5.41) is 3.20. The van der Waals surface area contributed by atoms with Crippen LogP contribution in [0.3, 0.4) is 0 Å². The first-order valence-electron chi connectivity index (χ1n) is 10.8. The van der Waals surface area contributed by atoms with E-state index in [2.05, 4.69) is 53.2 Å². The number of carbonyl (C=O) groups is 1. The SMILES string of the molecule is CCCN1CCCC(CNC(=O)N2CCN(c3ccccc3CC)CC2)C1. The highest BCUT2D eigenvalue weighted by molar-refractivity contribution is 5.74. The van der Waals surface area contributed by atoms with Gasteiger partial charge in [-0.1, -0.05) is 32.0 Å². The molecule has 1 aromatic carbocycles. The van der Waals surface area contributed by atoms with Crippen molar-refractivity contribution in [2.75, 3.05) is 57.3 Å². The number of piperazine rings is 1. The normalized spacial score (nSPS) is 21.3. The molecule has 2 fully saturated rings. The molecule has 0 bridgehead atoms. The monoisotopic (exact) mass is 372 g/mol. The molecule has 0 aliphatic carbocycles. The van der Waals surface area contributed by atoms with E-state index in [1.54, 1.807) is 0 Å². The van der Waals surface area contributed by atoms with Gasteiger partial charge in [0, 0.05) is 45.0 Å². The van der Waals surface area contributed by atoms with Crippen molar-refractivity contribution < 1.29 is 4.79 Å². The zero-order valence-electron chi connectivity index (χ0n) is 17.1. The third-order valence-electron chi connectivity index (χ3n) is 5.96. The Kier molecular flexibility index (Phi) is 7.39. The quantitative estimate of drug-likeness (QED) is 0.833. The van der Waals surface area contributed by atoms with Gasteiger partial charge < -0.3 is 20.0 Å². The number of aryl methyl sites for hydroxylation is 1. The fourth-order valence-corrected chi connectivity index (χ4v) is 4.45. The van der Waals surface area contributed by atoms with E-state index in [9.17, 15) is 4.79 Å². The van der Waals surface area contributed by atoms with Gasteiger partial charge in [-0.25, -0.2) is 4.79 Å². The minimum atomic E-state index is 0.117. The number of nitrogens with zero attached hydrogens (tertiary/aromatic N) is 3. The van der Waals surface area contributed by atoms with E-state index in [0.29, 0.717) is 5.92 Å². The van der Waals surface area contributed by atoms with E-state index >= 15 is 0 Å². The van der Waals surface area contributed by atoms with Crippen molar-refractivity contribution >= 4 is 11.7 Å². The van der Waals surface area contributed by atoms with E-state index in [-0.39, 0.29) is 6.03 Å². The standard InChI is InChI=1S/C22H36N4O/c1-3-11-24-12-7-8-19(18-24)17-23-22(27)26-15-13-25(14-16-26)21-10-6-5-9-20(21)4-2/h5-6,9-10,19H,3-4,7-8,11-18H2,1-2H3,(H,23,27). The van der Waals surface area contributed by atoms with Crippen LogP contribution in [0.4, 0.5) is 10.5 Å². The largest absolute Gasteiger partial charge is 0.368 e. The lowest BCUT2D eigenvalue weighted by molar-refractivity contribution is 0.164. The Morgan fingerprint density at radius 1 is 1.11 bits per heavy atom. The van der Waals surface area contributed by atoms with Gasteiger partial charge in [-0.3, -0.25) is 0 Å². The summed E-state index contributed by atoms with van der Waals surface area (Å²) in [5.41, 5.74) is 2.72. The number of amides is 2. The zero-order valence-corrected chi connectivity index (χ0v) is 17.1. The van der Waals surface area contributed by atoms with Crippen LogP contribution in [0.5, 0.6) is 0 Å². The van der Waals surface area contributed by atoms with Gasteiger partial charge in [0.2, 0.25) is 0 Å². The summed E-state index contributed by atoms with van der Waals surface area (Å²) < 4.78 is 0. The van der Waals surface area contributed by atoms with Crippen molar-refractivity contribution in [3.63, 3.8) is 0 Å². The average molecular weight is 373 g/mol. The van der Waals surface area contributed by atoms with Crippen molar-refractivity contribution in [1.82, 2.24) is 15.1 Å². The van der Waals surface area contributed by atoms with E-state index in [1.165, 1.54) is 43.6 Å². The number of hydrogen-bond acceptors (Lipinski definition) is 3. The third-order valence-corrected chi connectivity index (χ3v) is 5.96. The molecule has 2 amide bonds. The van der Waals surface area contributed by atoms with Crippen LogP contribution in [0.25, 0.3) is 0 Å². The van der Waals surface area contributed by atoms with Gasteiger partial charge in [-0.05, 0) is 56.3 Å². The fourth-order valence-electron chi connectivity index (χ4n) is 4.45. The van der Waals surface area contributed by atoms with Gasteiger partial charge in [0.05, 0.1) is 0 Å². The van der Waals surface area contributed by atoms with Gasteiger partial charge in [0.15, 0.2) is 0 Å². The second-order valence-electron chi connectivity index (χ2n) is 7.95. The number of carbonyl (C=O) groups excluding carboxylic acids is 1. The Bertz CT molecular complexity index is 596. The summed E-state index contributed by atoms with van der Waals surface area (Å²) in [5.74, 6) is 0.604. The summed E-state index contributed by atoms with van der Waals surface area (Å²) in [6.07, 6.45) is 4.76. The maximum absolute atomic E-state index is 12.6. The molecule has 5 heteroatoms. The van der Waals surface area contributed by atoms with Gasteiger partial charge in [-0.15, -0.1) is 0 Å². The molecule has 2 heterocycles. The van der Waals surface area contributed by atoms with Crippen molar-refractivity contribution in [3.05, 3.63) is 29.8 Å². The minimum Gasteiger partial charge on any atom is -0.368 e. The Morgan fingerprint density at radius 3 is 2.63 bits per heavy atom. The molecule has 0 aromatic heterocycles. The zero-order chi connectivity index (χ0) is 19.1. The van der Waals surface area contributed by atoms with E-state index < -0.39 is 0 Å². The van der Waals surface area contributed by atoms with E-state index in [4.69, 9.17) is 0 Å². The lowest BCUT2D eigenvalue weighted by atomic mass is 9.98. The topological polar surface area (TPSA) is 38.8 Å². The highest BCUT2D eigenvalue weighted by Gasteiger charge is 2.24. The highest BCUT2D eigenvalue weighted by Crippen LogP contribution is 2.22. The van der Waals surface area contributed by atoms with Crippen LogP contribution in [0.2, 0.25) is 0 Å². The summed E-state index contributed by atoms with van der Waals surface area (Å²) >= 11 is 0. The number of para-hydroxylation sites is 1. The summed E-state index contributed by atoms with van der Waals surface area (Å²) in [4.78, 5) is 19.5. The van der Waals surface area contributed by atoms with Gasteiger partial charge >= 0.3 is 6.03 Å². The van der Waals surface area contributed by atoms with Crippen LogP contribution in [0.1, 0.15) is 38.7 Å². The smallest absolute Gasteiger partial charge is 0.317 e. The molecule has 5 nitrogen and oxygen atoms in total. The van der Waals surface area contributed by atoms with Crippen molar-refractivity contribution in [2.45, 2.75) is 39.5 Å². The van der Waals surface area contributed by atoms with Crippen LogP contribution in [0.15, 0.2) is 24.3 Å². The Morgan fingerprint density at radius 2 is 1.89 bits per heavy atom. The Labute approximate surface area is 164 Å². The molecule has 1 N–H and O–H groups in total. The van der Waals surface area contributed by atoms with Gasteiger partial charge in [-0.2, -0.15) is 0 Å². The van der Waals surface area contributed by atoms with Gasteiger partial charge in [0.1, 0.15) is 0 Å². The maximum atomic E-state index is 12.6. The molecule has 3 rings (SSSR count). The number of hydrogen-bond donors (Lipinski definition) is 1. The number of rotatable bonds is 6. The number of nitrogens with one attached hydrogen (secondary N) is 1. The molecule has 1 atom stereocenters. The molecule has 27 heavy (non-hydrogen) atoms. The van der Waals surface area contributed by atoms with E-state index in [1.807, 2.05) is 4.90 Å². The molecule has 2 saturated heterocycles. The molecule has 0 spiro atoms. The second kappa shape index (κ2) is 9.98. The Hall–Kier alpha value is -1.75. The molecule has 1 unspecified atom stereocenters. The molecule has 2 aliphatic heterocycles. The van der Waals surface area contributed by atoms with Crippen LogP contribution in [-0.4, -0.2) is 68.2 Å². The second-order valence-corrected chi connectivity index (χ2v) is 7.95. The van der Waals surface area contributed by atoms with Crippen molar-refractivity contribution in [2.24, 2.45) is 5.92 Å². The fraction of sp³-hybridized carbons (Fsp3) is 0.682. The highest BCUT2D eigenvalue weighted by atomic mass is 16.2. The molecular formula is C22H36N4O. The number of likely N-dealkylation sites (tertiary alicyclic amines) is 1.